The van der Waals surface area contributed by atoms with E-state index in [1.54, 1.807) is 6.07 Å². The predicted molar refractivity (Wildman–Crippen MR) is 96.6 cm³/mol. The van der Waals surface area contributed by atoms with Gasteiger partial charge < -0.3 is 4.74 Å². The lowest BCUT2D eigenvalue weighted by Crippen LogP contribution is -2.52. The van der Waals surface area contributed by atoms with Crippen LogP contribution < -0.4 is 26.4 Å². The number of hydrogen-bond donors (Lipinski definition) is 4. The van der Waals surface area contributed by atoms with Crippen LogP contribution in [0.1, 0.15) is 24.9 Å². The lowest BCUT2D eigenvalue weighted by Gasteiger charge is -2.16. The Labute approximate surface area is 156 Å². The fourth-order valence-corrected chi connectivity index (χ4v) is 2.73. The highest BCUT2D eigenvalue weighted by Gasteiger charge is 2.30. The van der Waals surface area contributed by atoms with Crippen molar-refractivity contribution in [1.29, 1.82) is 0 Å². The fraction of sp³-hybridized carbons (Fsp3) is 0.263. The first-order valence-electron chi connectivity index (χ1n) is 8.61. The Morgan fingerprint density at radius 2 is 1.78 bits per heavy atom. The first-order chi connectivity index (χ1) is 13.0. The molecule has 3 unspecified atom stereocenters. The zero-order chi connectivity index (χ0) is 19.2. The molecule has 0 aliphatic carbocycles. The molecule has 7 nitrogen and oxygen atoms in total. The summed E-state index contributed by atoms with van der Waals surface area (Å²) in [6, 6.07) is 15.0. The van der Waals surface area contributed by atoms with Crippen molar-refractivity contribution in [2.24, 2.45) is 0 Å². The van der Waals surface area contributed by atoms with E-state index in [0.717, 1.165) is 5.56 Å². The van der Waals surface area contributed by atoms with Crippen LogP contribution in [0.3, 0.4) is 0 Å². The zero-order valence-electron chi connectivity index (χ0n) is 14.7. The zero-order valence-corrected chi connectivity index (χ0v) is 14.7. The van der Waals surface area contributed by atoms with Crippen LogP contribution in [0, 0.1) is 5.82 Å². The molecule has 1 aliphatic heterocycles. The van der Waals surface area contributed by atoms with Gasteiger partial charge in [-0.05, 0) is 31.0 Å². The first kappa shape index (κ1) is 18.8. The van der Waals surface area contributed by atoms with Gasteiger partial charge in [0.25, 0.3) is 11.8 Å². The van der Waals surface area contributed by atoms with Gasteiger partial charge in [-0.1, -0.05) is 42.5 Å². The van der Waals surface area contributed by atoms with Crippen molar-refractivity contribution in [3.05, 3.63) is 66.0 Å². The molecule has 3 atom stereocenters. The minimum Gasteiger partial charge on any atom is -0.478 e. The summed E-state index contributed by atoms with van der Waals surface area (Å²) < 4.78 is 18.8. The molecule has 0 spiro atoms. The van der Waals surface area contributed by atoms with Crippen LogP contribution in [0.5, 0.6) is 5.75 Å². The van der Waals surface area contributed by atoms with Gasteiger partial charge in [-0.25, -0.2) is 15.2 Å². The molecule has 2 aromatic rings. The lowest BCUT2D eigenvalue weighted by atomic mass is 10.0. The van der Waals surface area contributed by atoms with Gasteiger partial charge in [0.15, 0.2) is 17.7 Å². The quantitative estimate of drug-likeness (QED) is 0.595. The summed E-state index contributed by atoms with van der Waals surface area (Å²) in [5, 5.41) is 0. The van der Waals surface area contributed by atoms with Crippen LogP contribution in [0.2, 0.25) is 0 Å². The Morgan fingerprint density at radius 1 is 1.07 bits per heavy atom. The van der Waals surface area contributed by atoms with E-state index in [9.17, 15) is 14.0 Å². The van der Waals surface area contributed by atoms with E-state index in [1.165, 1.54) is 25.1 Å². The number of carbonyl (C=O) groups excluding carboxylic acids is 2. The molecule has 1 aliphatic rings. The van der Waals surface area contributed by atoms with Crippen molar-refractivity contribution in [3.8, 4) is 5.75 Å². The number of para-hydroxylation sites is 1. The molecule has 0 radical (unpaired) electrons. The molecular weight excluding hydrogens is 351 g/mol. The van der Waals surface area contributed by atoms with E-state index in [2.05, 4.69) is 21.7 Å². The van der Waals surface area contributed by atoms with Crippen LogP contribution in [0.15, 0.2) is 54.6 Å². The molecule has 3 rings (SSSR count). The largest absolute Gasteiger partial charge is 0.478 e. The van der Waals surface area contributed by atoms with Crippen LogP contribution in [0.4, 0.5) is 4.39 Å². The van der Waals surface area contributed by atoms with Crippen LogP contribution in [-0.2, 0) is 9.59 Å². The van der Waals surface area contributed by atoms with Crippen molar-refractivity contribution in [2.45, 2.75) is 31.5 Å². The SMILES string of the molecule is CC(Oc1ccccc1F)C(=O)NNC(=O)C1CC(c2ccccc2)NN1. The van der Waals surface area contributed by atoms with Crippen molar-refractivity contribution < 1.29 is 18.7 Å². The Bertz CT molecular complexity index is 803. The number of hydrogen-bond acceptors (Lipinski definition) is 5. The smallest absolute Gasteiger partial charge is 0.279 e. The number of hydrazine groups is 2. The molecular formula is C19H21FN4O3. The summed E-state index contributed by atoms with van der Waals surface area (Å²) in [6.07, 6.45) is -0.443. The van der Waals surface area contributed by atoms with E-state index in [1.807, 2.05) is 30.3 Å². The molecule has 2 aromatic carbocycles. The van der Waals surface area contributed by atoms with E-state index >= 15 is 0 Å². The maximum Gasteiger partial charge on any atom is 0.279 e. The summed E-state index contributed by atoms with van der Waals surface area (Å²) in [7, 11) is 0. The fourth-order valence-electron chi connectivity index (χ4n) is 2.73. The molecule has 27 heavy (non-hydrogen) atoms. The average molecular weight is 372 g/mol. The van der Waals surface area contributed by atoms with Crippen LogP contribution in [-0.4, -0.2) is 24.0 Å². The Hall–Kier alpha value is -2.97. The standard InChI is InChI=1S/C19H21FN4O3/c1-12(27-17-10-6-5-9-14(17)20)18(25)23-24-19(26)16-11-15(21-22-16)13-7-3-2-4-8-13/h2-10,12,15-16,21-22H,11H2,1H3,(H,23,25)(H,24,26). The molecule has 0 saturated carbocycles. The average Bonchev–Trinajstić information content (AvgIpc) is 3.18. The number of benzene rings is 2. The Morgan fingerprint density at radius 3 is 2.52 bits per heavy atom. The monoisotopic (exact) mass is 372 g/mol. The van der Waals surface area contributed by atoms with Crippen molar-refractivity contribution in [1.82, 2.24) is 21.7 Å². The second-order valence-corrected chi connectivity index (χ2v) is 6.21. The first-order valence-corrected chi connectivity index (χ1v) is 8.61. The molecule has 8 heteroatoms. The van der Waals surface area contributed by atoms with Gasteiger partial charge in [-0.3, -0.25) is 20.4 Å². The Kier molecular flexibility index (Phi) is 6.00. The number of amides is 2. The highest BCUT2D eigenvalue weighted by atomic mass is 19.1. The number of ether oxygens (including phenoxy) is 1. The molecule has 4 N–H and O–H groups in total. The van der Waals surface area contributed by atoms with Gasteiger partial charge in [-0.15, -0.1) is 0 Å². The second-order valence-electron chi connectivity index (χ2n) is 6.21. The summed E-state index contributed by atoms with van der Waals surface area (Å²) in [5.74, 6) is -1.56. The predicted octanol–water partition coefficient (Wildman–Crippen LogP) is 1.35. The van der Waals surface area contributed by atoms with E-state index in [0.29, 0.717) is 6.42 Å². The van der Waals surface area contributed by atoms with Crippen molar-refractivity contribution in [2.75, 3.05) is 0 Å². The molecule has 1 heterocycles. The van der Waals surface area contributed by atoms with Gasteiger partial charge in [0.1, 0.15) is 6.04 Å². The lowest BCUT2D eigenvalue weighted by molar-refractivity contribution is -0.133. The third kappa shape index (κ3) is 4.81. The summed E-state index contributed by atoms with van der Waals surface area (Å²) >= 11 is 0. The summed E-state index contributed by atoms with van der Waals surface area (Å²) in [6.45, 7) is 1.47. The molecule has 142 valence electrons. The Balaban J connectivity index is 1.46. The van der Waals surface area contributed by atoms with Gasteiger partial charge in [0.2, 0.25) is 0 Å². The summed E-state index contributed by atoms with van der Waals surface area (Å²) in [4.78, 5) is 24.3. The number of halogens is 1. The third-order valence-corrected chi connectivity index (χ3v) is 4.24. The molecule has 0 aromatic heterocycles. The van der Waals surface area contributed by atoms with E-state index in [-0.39, 0.29) is 17.7 Å². The van der Waals surface area contributed by atoms with E-state index < -0.39 is 23.9 Å². The van der Waals surface area contributed by atoms with Crippen molar-refractivity contribution >= 4 is 11.8 Å². The normalized spacial score (nSPS) is 19.9. The highest BCUT2D eigenvalue weighted by Crippen LogP contribution is 2.21. The molecule has 1 saturated heterocycles. The maximum atomic E-state index is 13.6. The molecule has 1 fully saturated rings. The van der Waals surface area contributed by atoms with Gasteiger partial charge in [-0.2, -0.15) is 0 Å². The maximum absolute atomic E-state index is 13.6. The van der Waals surface area contributed by atoms with Crippen LogP contribution in [0.25, 0.3) is 0 Å². The molecule has 2 amide bonds. The number of nitrogens with one attached hydrogen (secondary N) is 4. The minimum atomic E-state index is -0.978. The van der Waals surface area contributed by atoms with Gasteiger partial charge >= 0.3 is 0 Å². The summed E-state index contributed by atoms with van der Waals surface area (Å²) in [5.41, 5.74) is 11.7. The molecule has 0 bridgehead atoms. The number of rotatable bonds is 5. The van der Waals surface area contributed by atoms with E-state index in [4.69, 9.17) is 4.74 Å². The van der Waals surface area contributed by atoms with Crippen molar-refractivity contribution in [3.63, 3.8) is 0 Å². The third-order valence-electron chi connectivity index (χ3n) is 4.24. The van der Waals surface area contributed by atoms with Gasteiger partial charge in [0.05, 0.1) is 0 Å². The van der Waals surface area contributed by atoms with Crippen LogP contribution >= 0.6 is 0 Å². The minimum absolute atomic E-state index is 0.000893. The number of carbonyl (C=O) groups is 2. The highest BCUT2D eigenvalue weighted by molar-refractivity contribution is 5.87. The topological polar surface area (TPSA) is 91.5 Å². The second kappa shape index (κ2) is 8.61. The van der Waals surface area contributed by atoms with Gasteiger partial charge in [0, 0.05) is 6.04 Å².